The van der Waals surface area contributed by atoms with Crippen LogP contribution in [0.1, 0.15) is 42.9 Å². The maximum atomic E-state index is 12.5. The molecule has 0 spiro atoms. The van der Waals surface area contributed by atoms with Gasteiger partial charge in [0.2, 0.25) is 5.17 Å². The number of amides is 1. The van der Waals surface area contributed by atoms with E-state index in [9.17, 15) is 4.79 Å². The molecule has 0 saturated carbocycles. The first-order valence-corrected chi connectivity index (χ1v) is 12.2. The summed E-state index contributed by atoms with van der Waals surface area (Å²) < 4.78 is 11.5. The molecule has 0 aromatic heterocycles. The standard InChI is InChI=1S/C26H28N4O3S/c1-4-5-6-23-29-30-24(27)22(25(31)28-26(30)34-23)16-19-7-9-20(10-8-19)32-11-12-33-21-14-17(2)13-18(3)15-21/h7-10,13-16,27H,4-6,11-12H2,1-3H3/b22-16-,27-24?. The van der Waals surface area contributed by atoms with Crippen LogP contribution in [0.2, 0.25) is 0 Å². The lowest BCUT2D eigenvalue weighted by Gasteiger charge is -2.20. The summed E-state index contributed by atoms with van der Waals surface area (Å²) >= 11 is 1.37. The van der Waals surface area contributed by atoms with Crippen LogP contribution >= 0.6 is 11.8 Å². The molecule has 7 nitrogen and oxygen atoms in total. The van der Waals surface area contributed by atoms with Crippen LogP contribution in [-0.2, 0) is 4.79 Å². The van der Waals surface area contributed by atoms with Crippen LogP contribution in [-0.4, -0.2) is 40.2 Å². The first kappa shape index (κ1) is 23.8. The zero-order valence-corrected chi connectivity index (χ0v) is 20.4. The highest BCUT2D eigenvalue weighted by Crippen LogP contribution is 2.30. The van der Waals surface area contributed by atoms with Gasteiger partial charge in [0.15, 0.2) is 5.84 Å². The highest BCUT2D eigenvalue weighted by Gasteiger charge is 2.35. The second kappa shape index (κ2) is 10.7. The lowest BCUT2D eigenvalue weighted by molar-refractivity contribution is -0.114. The van der Waals surface area contributed by atoms with Gasteiger partial charge in [-0.25, -0.2) is 0 Å². The van der Waals surface area contributed by atoms with E-state index in [1.165, 1.54) is 27.9 Å². The molecule has 0 fully saturated rings. The number of fused-ring (bicyclic) bond motifs is 1. The highest BCUT2D eigenvalue weighted by atomic mass is 32.2. The molecule has 0 radical (unpaired) electrons. The Hall–Kier alpha value is -3.39. The Morgan fingerprint density at radius 2 is 1.71 bits per heavy atom. The summed E-state index contributed by atoms with van der Waals surface area (Å²) in [5, 5.41) is 15.8. The number of carbonyl (C=O) groups is 1. The number of nitrogens with one attached hydrogen (secondary N) is 1. The maximum absolute atomic E-state index is 12.5. The highest BCUT2D eigenvalue weighted by molar-refractivity contribution is 8.26. The van der Waals surface area contributed by atoms with Crippen molar-refractivity contribution in [1.82, 2.24) is 5.01 Å². The normalized spacial score (nSPS) is 16.4. The number of hydrogen-bond acceptors (Lipinski definition) is 6. The minimum Gasteiger partial charge on any atom is -0.490 e. The molecule has 1 amide bonds. The predicted molar refractivity (Wildman–Crippen MR) is 138 cm³/mol. The molecular weight excluding hydrogens is 448 g/mol. The van der Waals surface area contributed by atoms with E-state index in [2.05, 4.69) is 23.1 Å². The molecule has 4 rings (SSSR count). The van der Waals surface area contributed by atoms with E-state index in [1.54, 1.807) is 6.08 Å². The van der Waals surface area contributed by atoms with Gasteiger partial charge in [-0.05, 0) is 85.5 Å². The van der Waals surface area contributed by atoms with Gasteiger partial charge in [-0.1, -0.05) is 31.5 Å². The van der Waals surface area contributed by atoms with Crippen molar-refractivity contribution in [2.24, 2.45) is 10.1 Å². The Balaban J connectivity index is 1.34. The number of nitrogens with zero attached hydrogens (tertiary/aromatic N) is 3. The molecule has 2 aliphatic heterocycles. The molecule has 2 aliphatic rings. The average Bonchev–Trinajstić information content (AvgIpc) is 3.21. The van der Waals surface area contributed by atoms with Crippen molar-refractivity contribution in [2.75, 3.05) is 13.2 Å². The number of aryl methyl sites for hydroxylation is 2. The van der Waals surface area contributed by atoms with Gasteiger partial charge in [-0.3, -0.25) is 10.2 Å². The number of amidine groups is 2. The van der Waals surface area contributed by atoms with Gasteiger partial charge in [-0.15, -0.1) is 0 Å². The second-order valence-electron chi connectivity index (χ2n) is 8.21. The number of unbranched alkanes of at least 4 members (excludes halogenated alkanes) is 1. The number of hydrogen-bond donors (Lipinski definition) is 1. The zero-order chi connectivity index (χ0) is 24.1. The van der Waals surface area contributed by atoms with Gasteiger partial charge < -0.3 is 9.47 Å². The van der Waals surface area contributed by atoms with Crippen molar-refractivity contribution in [1.29, 1.82) is 5.41 Å². The quantitative estimate of drug-likeness (QED) is 0.378. The summed E-state index contributed by atoms with van der Waals surface area (Å²) in [5.74, 6) is 1.18. The first-order chi connectivity index (χ1) is 16.4. The molecule has 2 heterocycles. The maximum Gasteiger partial charge on any atom is 0.283 e. The summed E-state index contributed by atoms with van der Waals surface area (Å²) in [6.45, 7) is 7.06. The Bertz CT molecular complexity index is 1160. The Morgan fingerprint density at radius 3 is 2.38 bits per heavy atom. The van der Waals surface area contributed by atoms with Gasteiger partial charge in [0.1, 0.15) is 29.8 Å². The SMILES string of the molecule is CCCCC1=NN2C(=N)/C(=C/c3ccc(OCCOc4cc(C)cc(C)c4)cc3)C(=O)N=C2S1. The van der Waals surface area contributed by atoms with E-state index < -0.39 is 5.91 Å². The van der Waals surface area contributed by atoms with E-state index in [1.807, 2.05) is 50.2 Å². The molecule has 0 unspecified atom stereocenters. The summed E-state index contributed by atoms with van der Waals surface area (Å²) in [5.41, 5.74) is 3.34. The van der Waals surface area contributed by atoms with Gasteiger partial charge in [-0.2, -0.15) is 15.1 Å². The molecule has 0 atom stereocenters. The molecule has 0 saturated heterocycles. The molecule has 1 N–H and O–H groups in total. The van der Waals surface area contributed by atoms with Crippen LogP contribution in [0, 0.1) is 19.3 Å². The van der Waals surface area contributed by atoms with Gasteiger partial charge in [0.25, 0.3) is 5.91 Å². The fourth-order valence-electron chi connectivity index (χ4n) is 3.62. The van der Waals surface area contributed by atoms with Crippen LogP contribution in [0.25, 0.3) is 6.08 Å². The van der Waals surface area contributed by atoms with E-state index in [0.717, 1.165) is 35.6 Å². The molecular formula is C26H28N4O3S. The number of aliphatic imine (C=N–C) groups is 1. The minimum absolute atomic E-state index is 0.0536. The van der Waals surface area contributed by atoms with Crippen molar-refractivity contribution in [3.63, 3.8) is 0 Å². The lowest BCUT2D eigenvalue weighted by atomic mass is 10.1. The smallest absolute Gasteiger partial charge is 0.283 e. The molecule has 2 aromatic rings. The van der Waals surface area contributed by atoms with Crippen LogP contribution in [0.3, 0.4) is 0 Å². The van der Waals surface area contributed by atoms with Crippen LogP contribution in [0.4, 0.5) is 0 Å². The van der Waals surface area contributed by atoms with E-state index in [4.69, 9.17) is 14.9 Å². The van der Waals surface area contributed by atoms with E-state index in [-0.39, 0.29) is 11.4 Å². The largest absolute Gasteiger partial charge is 0.490 e. The second-order valence-corrected chi connectivity index (χ2v) is 9.25. The van der Waals surface area contributed by atoms with Crippen molar-refractivity contribution in [2.45, 2.75) is 40.0 Å². The lowest BCUT2D eigenvalue weighted by Crippen LogP contribution is -2.35. The number of hydrazone groups is 1. The zero-order valence-electron chi connectivity index (χ0n) is 19.6. The number of carbonyl (C=O) groups excluding carboxylic acids is 1. The Kier molecular flexibility index (Phi) is 7.47. The van der Waals surface area contributed by atoms with Crippen LogP contribution < -0.4 is 9.47 Å². The van der Waals surface area contributed by atoms with Crippen molar-refractivity contribution in [3.8, 4) is 11.5 Å². The summed E-state index contributed by atoms with van der Waals surface area (Å²) in [6.07, 6.45) is 4.58. The van der Waals surface area contributed by atoms with Crippen molar-refractivity contribution in [3.05, 3.63) is 64.7 Å². The molecule has 2 aromatic carbocycles. The monoisotopic (exact) mass is 476 g/mol. The topological polar surface area (TPSA) is 87.3 Å². The van der Waals surface area contributed by atoms with Crippen LogP contribution in [0.5, 0.6) is 11.5 Å². The summed E-state index contributed by atoms with van der Waals surface area (Å²) in [4.78, 5) is 16.7. The molecule has 0 aliphatic carbocycles. The number of rotatable bonds is 9. The Morgan fingerprint density at radius 1 is 1.03 bits per heavy atom. The summed E-state index contributed by atoms with van der Waals surface area (Å²) in [7, 11) is 0. The van der Waals surface area contributed by atoms with Crippen LogP contribution in [0.15, 0.2) is 58.1 Å². The average molecular weight is 477 g/mol. The third kappa shape index (κ3) is 5.75. The number of benzene rings is 2. The van der Waals surface area contributed by atoms with Gasteiger partial charge >= 0.3 is 0 Å². The number of ether oxygens (including phenoxy) is 2. The van der Waals surface area contributed by atoms with Gasteiger partial charge in [0.05, 0.1) is 5.57 Å². The molecule has 34 heavy (non-hydrogen) atoms. The first-order valence-electron chi connectivity index (χ1n) is 11.4. The Labute approximate surface area is 204 Å². The predicted octanol–water partition coefficient (Wildman–Crippen LogP) is 5.57. The summed E-state index contributed by atoms with van der Waals surface area (Å²) in [6, 6.07) is 13.5. The van der Waals surface area contributed by atoms with E-state index >= 15 is 0 Å². The van der Waals surface area contributed by atoms with E-state index in [0.29, 0.717) is 24.1 Å². The third-order valence-corrected chi connectivity index (χ3v) is 6.22. The fraction of sp³-hybridized carbons (Fsp3) is 0.308. The molecule has 0 bridgehead atoms. The fourth-order valence-corrected chi connectivity index (χ4v) is 4.55. The minimum atomic E-state index is -0.417. The van der Waals surface area contributed by atoms with Gasteiger partial charge in [0, 0.05) is 0 Å². The van der Waals surface area contributed by atoms with Crippen molar-refractivity contribution >= 4 is 39.8 Å². The molecule has 8 heteroatoms. The van der Waals surface area contributed by atoms with Crippen molar-refractivity contribution < 1.29 is 14.3 Å². The molecule has 176 valence electrons. The number of thioether (sulfide) groups is 1. The third-order valence-electron chi connectivity index (χ3n) is 5.25.